The fourth-order valence-electron chi connectivity index (χ4n) is 1.92. The van der Waals surface area contributed by atoms with Crippen LogP contribution in [-0.2, 0) is 9.47 Å². The Morgan fingerprint density at radius 3 is 2.58 bits per heavy atom. The molecule has 0 saturated carbocycles. The second-order valence-electron chi connectivity index (χ2n) is 4.92. The molecule has 0 aliphatic carbocycles. The van der Waals surface area contributed by atoms with E-state index in [4.69, 9.17) is 9.47 Å². The Morgan fingerprint density at radius 1 is 1.32 bits per heavy atom. The Kier molecular flexibility index (Phi) is 10.8. The summed E-state index contributed by atoms with van der Waals surface area (Å²) in [7, 11) is 0. The van der Waals surface area contributed by atoms with Crippen molar-refractivity contribution in [1.29, 1.82) is 5.26 Å². The van der Waals surface area contributed by atoms with E-state index in [2.05, 4.69) is 25.2 Å². The Hall–Kier alpha value is -0.630. The Labute approximate surface area is 118 Å². The van der Waals surface area contributed by atoms with Gasteiger partial charge in [0.2, 0.25) is 0 Å². The summed E-state index contributed by atoms with van der Waals surface area (Å²) in [6.45, 7) is 11.1. The van der Waals surface area contributed by atoms with Gasteiger partial charge in [0.1, 0.15) is 5.54 Å². The van der Waals surface area contributed by atoms with Crippen molar-refractivity contribution in [2.75, 3.05) is 26.4 Å². The van der Waals surface area contributed by atoms with E-state index in [1.807, 2.05) is 13.8 Å². The van der Waals surface area contributed by atoms with Crippen molar-refractivity contribution in [3.05, 3.63) is 0 Å². The molecule has 1 N–H and O–H groups in total. The van der Waals surface area contributed by atoms with Crippen LogP contribution in [0.25, 0.3) is 0 Å². The van der Waals surface area contributed by atoms with Crippen molar-refractivity contribution >= 4 is 0 Å². The first-order valence-electron chi connectivity index (χ1n) is 7.49. The average molecular weight is 270 g/mol. The first-order valence-corrected chi connectivity index (χ1v) is 7.49. The summed E-state index contributed by atoms with van der Waals surface area (Å²) < 4.78 is 11.0. The maximum Gasteiger partial charge on any atom is 0.106 e. The van der Waals surface area contributed by atoms with Gasteiger partial charge in [0, 0.05) is 13.2 Å². The van der Waals surface area contributed by atoms with Gasteiger partial charge >= 0.3 is 0 Å². The number of hydrogen-bond acceptors (Lipinski definition) is 4. The molecule has 0 spiro atoms. The molecule has 0 radical (unpaired) electrons. The number of ether oxygens (including phenoxy) is 2. The lowest BCUT2D eigenvalue weighted by molar-refractivity contribution is -0.00563. The molecule has 4 nitrogen and oxygen atoms in total. The van der Waals surface area contributed by atoms with E-state index >= 15 is 0 Å². The van der Waals surface area contributed by atoms with E-state index in [1.165, 1.54) is 0 Å². The van der Waals surface area contributed by atoms with Gasteiger partial charge in [0.25, 0.3) is 0 Å². The minimum absolute atomic E-state index is 0.127. The van der Waals surface area contributed by atoms with Crippen LogP contribution in [0.5, 0.6) is 0 Å². The second kappa shape index (κ2) is 11.2. The number of nitrogens with zero attached hydrogens (tertiary/aromatic N) is 1. The van der Waals surface area contributed by atoms with Crippen LogP contribution in [0.15, 0.2) is 0 Å². The van der Waals surface area contributed by atoms with Crippen molar-refractivity contribution < 1.29 is 9.47 Å². The molecule has 0 fully saturated rings. The van der Waals surface area contributed by atoms with Crippen molar-refractivity contribution in [2.45, 2.75) is 65.0 Å². The van der Waals surface area contributed by atoms with Gasteiger partial charge in [-0.25, -0.2) is 0 Å². The zero-order chi connectivity index (χ0) is 14.6. The van der Waals surface area contributed by atoms with Gasteiger partial charge in [-0.15, -0.1) is 0 Å². The van der Waals surface area contributed by atoms with Crippen molar-refractivity contribution in [3.8, 4) is 6.07 Å². The number of nitriles is 1. The van der Waals surface area contributed by atoms with Crippen LogP contribution in [0.2, 0.25) is 0 Å². The second-order valence-corrected chi connectivity index (χ2v) is 4.92. The van der Waals surface area contributed by atoms with Crippen LogP contribution >= 0.6 is 0 Å². The van der Waals surface area contributed by atoms with Gasteiger partial charge in [-0.1, -0.05) is 13.8 Å². The predicted octanol–water partition coefficient (Wildman–Crippen LogP) is 2.88. The summed E-state index contributed by atoms with van der Waals surface area (Å²) in [6, 6.07) is 2.43. The predicted molar refractivity (Wildman–Crippen MR) is 78.1 cm³/mol. The Balaban J connectivity index is 3.90. The first kappa shape index (κ1) is 18.4. The normalized spacial score (nSPS) is 15.7. The molecule has 2 atom stereocenters. The monoisotopic (exact) mass is 270 g/mol. The minimum atomic E-state index is -0.386. The molecule has 0 aromatic carbocycles. The Morgan fingerprint density at radius 2 is 2.05 bits per heavy atom. The molecule has 0 bridgehead atoms. The third kappa shape index (κ3) is 8.20. The quantitative estimate of drug-likeness (QED) is 0.554. The average Bonchev–Trinajstić information content (AvgIpc) is 2.45. The summed E-state index contributed by atoms with van der Waals surface area (Å²) >= 11 is 0. The fraction of sp³-hybridized carbons (Fsp3) is 0.933. The number of nitrogens with one attached hydrogen (secondary N) is 1. The van der Waals surface area contributed by atoms with E-state index in [9.17, 15) is 5.26 Å². The Bertz CT molecular complexity index is 253. The molecular weight excluding hydrogens is 240 g/mol. The highest BCUT2D eigenvalue weighted by Gasteiger charge is 2.26. The molecule has 0 saturated heterocycles. The molecule has 0 aliphatic rings. The maximum absolute atomic E-state index is 9.35. The van der Waals surface area contributed by atoms with Crippen LogP contribution in [0.1, 0.15) is 53.4 Å². The van der Waals surface area contributed by atoms with Gasteiger partial charge in [0.15, 0.2) is 0 Å². The molecule has 0 aliphatic heterocycles. The molecule has 0 aromatic heterocycles. The van der Waals surface area contributed by atoms with Gasteiger partial charge in [-0.2, -0.15) is 5.26 Å². The van der Waals surface area contributed by atoms with Crippen LogP contribution in [0.3, 0.4) is 0 Å². The van der Waals surface area contributed by atoms with E-state index in [1.54, 1.807) is 0 Å². The van der Waals surface area contributed by atoms with Crippen LogP contribution in [0, 0.1) is 11.3 Å². The highest BCUT2D eigenvalue weighted by molar-refractivity contribution is 5.06. The number of rotatable bonds is 12. The molecule has 0 aromatic rings. The van der Waals surface area contributed by atoms with E-state index in [-0.39, 0.29) is 11.6 Å². The lowest BCUT2D eigenvalue weighted by atomic mass is 9.92. The van der Waals surface area contributed by atoms with E-state index in [0.29, 0.717) is 13.2 Å². The summed E-state index contributed by atoms with van der Waals surface area (Å²) in [5.74, 6) is 0. The van der Waals surface area contributed by atoms with Gasteiger partial charge in [-0.3, -0.25) is 5.32 Å². The van der Waals surface area contributed by atoms with Crippen molar-refractivity contribution in [2.24, 2.45) is 0 Å². The summed E-state index contributed by atoms with van der Waals surface area (Å²) in [6.07, 6.45) is 3.74. The summed E-state index contributed by atoms with van der Waals surface area (Å²) in [5, 5.41) is 12.7. The fourth-order valence-corrected chi connectivity index (χ4v) is 1.92. The molecular formula is C15H30N2O2. The lowest BCUT2D eigenvalue weighted by Crippen LogP contribution is -2.44. The molecule has 112 valence electrons. The highest BCUT2D eigenvalue weighted by Crippen LogP contribution is 2.17. The molecule has 0 rings (SSSR count). The molecule has 19 heavy (non-hydrogen) atoms. The largest absolute Gasteiger partial charge is 0.379 e. The zero-order valence-electron chi connectivity index (χ0n) is 13.0. The highest BCUT2D eigenvalue weighted by atomic mass is 16.5. The van der Waals surface area contributed by atoms with Gasteiger partial charge < -0.3 is 9.47 Å². The molecule has 2 unspecified atom stereocenters. The zero-order valence-corrected chi connectivity index (χ0v) is 13.0. The minimum Gasteiger partial charge on any atom is -0.379 e. The molecule has 4 heteroatoms. The molecule has 0 heterocycles. The third-order valence-electron chi connectivity index (χ3n) is 3.24. The van der Waals surface area contributed by atoms with Gasteiger partial charge in [-0.05, 0) is 46.1 Å². The standard InChI is InChI=1S/C15H30N2O2/c1-5-10-17-15(6-2,13-16)9-8-11-19-14(4)12-18-7-3/h14,17H,5-12H2,1-4H3. The molecule has 0 amide bonds. The van der Waals surface area contributed by atoms with Crippen LogP contribution in [-0.4, -0.2) is 38.0 Å². The van der Waals surface area contributed by atoms with E-state index in [0.717, 1.165) is 38.8 Å². The number of hydrogen-bond donors (Lipinski definition) is 1. The summed E-state index contributed by atoms with van der Waals surface area (Å²) in [4.78, 5) is 0. The third-order valence-corrected chi connectivity index (χ3v) is 3.24. The lowest BCUT2D eigenvalue weighted by Gasteiger charge is -2.26. The van der Waals surface area contributed by atoms with Crippen molar-refractivity contribution in [1.82, 2.24) is 5.32 Å². The topological polar surface area (TPSA) is 54.3 Å². The van der Waals surface area contributed by atoms with Crippen LogP contribution < -0.4 is 5.32 Å². The van der Waals surface area contributed by atoms with E-state index < -0.39 is 0 Å². The van der Waals surface area contributed by atoms with Gasteiger partial charge in [0.05, 0.1) is 18.8 Å². The summed E-state index contributed by atoms with van der Waals surface area (Å²) in [5.41, 5.74) is -0.386. The van der Waals surface area contributed by atoms with Crippen LogP contribution in [0.4, 0.5) is 0 Å². The first-order chi connectivity index (χ1) is 9.14. The smallest absolute Gasteiger partial charge is 0.106 e. The SMILES string of the molecule is CCCNC(C#N)(CC)CCCOC(C)COCC. The van der Waals surface area contributed by atoms with Crippen molar-refractivity contribution in [3.63, 3.8) is 0 Å². The maximum atomic E-state index is 9.35.